The highest BCUT2D eigenvalue weighted by molar-refractivity contribution is 5.26. The molecule has 2 heteroatoms. The van der Waals surface area contributed by atoms with E-state index < -0.39 is 0 Å². The Labute approximate surface area is 77.8 Å². The van der Waals surface area contributed by atoms with Crippen LogP contribution in [0.2, 0.25) is 0 Å². The predicted octanol–water partition coefficient (Wildman–Crippen LogP) is 2.54. The lowest BCUT2D eigenvalue weighted by Crippen LogP contribution is -2.12. The van der Waals surface area contributed by atoms with Gasteiger partial charge in [0, 0.05) is 6.04 Å². The highest BCUT2D eigenvalue weighted by Crippen LogP contribution is 2.39. The fraction of sp³-hybridized carbons (Fsp3) is 0.455. The molecule has 0 saturated heterocycles. The van der Waals surface area contributed by atoms with Crippen LogP contribution in [-0.2, 0) is 0 Å². The summed E-state index contributed by atoms with van der Waals surface area (Å²) < 4.78 is 13.2. The van der Waals surface area contributed by atoms with Gasteiger partial charge in [-0.25, -0.2) is 4.39 Å². The van der Waals surface area contributed by atoms with Crippen molar-refractivity contribution in [2.75, 3.05) is 0 Å². The van der Waals surface area contributed by atoms with E-state index in [9.17, 15) is 4.39 Å². The number of aryl methyl sites for hydroxylation is 1. The van der Waals surface area contributed by atoms with Gasteiger partial charge in [-0.3, -0.25) is 0 Å². The lowest BCUT2D eigenvalue weighted by Gasteiger charge is -2.10. The molecule has 0 aromatic heterocycles. The second-order valence-corrected chi connectivity index (χ2v) is 3.87. The van der Waals surface area contributed by atoms with Crippen molar-refractivity contribution < 1.29 is 4.39 Å². The lowest BCUT2D eigenvalue weighted by atomic mass is 10.0. The first-order chi connectivity index (χ1) is 6.18. The molecule has 0 bridgehead atoms. The van der Waals surface area contributed by atoms with Crippen molar-refractivity contribution in [3.8, 4) is 0 Å². The van der Waals surface area contributed by atoms with Crippen LogP contribution in [0.4, 0.5) is 4.39 Å². The molecule has 1 aliphatic rings. The highest BCUT2D eigenvalue weighted by atomic mass is 19.1. The Morgan fingerprint density at radius 2 is 2.15 bits per heavy atom. The third-order valence-electron chi connectivity index (χ3n) is 2.71. The summed E-state index contributed by atoms with van der Waals surface area (Å²) in [5.74, 6) is 0.440. The van der Waals surface area contributed by atoms with Crippen molar-refractivity contribution in [2.24, 2.45) is 11.7 Å². The number of nitrogens with two attached hydrogens (primary N) is 1. The maximum Gasteiger partial charge on any atom is 0.126 e. The standard InChI is InChI=1S/C11H14FN/c1-7-2-3-9(6-10(7)12)11(13)8-4-5-8/h2-3,6,8,11H,4-5,13H2,1H3/t11-/m1/s1. The van der Waals surface area contributed by atoms with Crippen molar-refractivity contribution in [1.82, 2.24) is 0 Å². The molecular weight excluding hydrogens is 165 g/mol. The summed E-state index contributed by atoms with van der Waals surface area (Å²) >= 11 is 0. The Balaban J connectivity index is 2.24. The number of hydrogen-bond donors (Lipinski definition) is 1. The predicted molar refractivity (Wildman–Crippen MR) is 50.8 cm³/mol. The van der Waals surface area contributed by atoms with Crippen LogP contribution in [0.5, 0.6) is 0 Å². The zero-order chi connectivity index (χ0) is 9.42. The molecule has 1 fully saturated rings. The van der Waals surface area contributed by atoms with Gasteiger partial charge in [-0.05, 0) is 42.9 Å². The van der Waals surface area contributed by atoms with Crippen LogP contribution in [-0.4, -0.2) is 0 Å². The van der Waals surface area contributed by atoms with E-state index in [1.165, 1.54) is 12.8 Å². The van der Waals surface area contributed by atoms with E-state index in [1.54, 1.807) is 19.1 Å². The average molecular weight is 179 g/mol. The van der Waals surface area contributed by atoms with Crippen LogP contribution in [0.3, 0.4) is 0 Å². The normalized spacial score (nSPS) is 18.7. The molecule has 0 unspecified atom stereocenters. The van der Waals surface area contributed by atoms with Crippen LogP contribution >= 0.6 is 0 Å². The van der Waals surface area contributed by atoms with Crippen LogP contribution in [0, 0.1) is 18.7 Å². The number of halogens is 1. The first kappa shape index (κ1) is 8.70. The lowest BCUT2D eigenvalue weighted by molar-refractivity contribution is 0.595. The number of hydrogen-bond acceptors (Lipinski definition) is 1. The molecule has 0 radical (unpaired) electrons. The molecule has 2 N–H and O–H groups in total. The van der Waals surface area contributed by atoms with E-state index in [4.69, 9.17) is 5.73 Å². The van der Waals surface area contributed by atoms with Crippen molar-refractivity contribution in [1.29, 1.82) is 0 Å². The van der Waals surface area contributed by atoms with Gasteiger partial charge in [0.1, 0.15) is 5.82 Å². The SMILES string of the molecule is Cc1ccc([C@H](N)C2CC2)cc1F. The van der Waals surface area contributed by atoms with E-state index in [0.29, 0.717) is 11.5 Å². The van der Waals surface area contributed by atoms with Crippen molar-refractivity contribution in [3.63, 3.8) is 0 Å². The molecule has 0 heterocycles. The quantitative estimate of drug-likeness (QED) is 0.741. The van der Waals surface area contributed by atoms with Gasteiger partial charge in [0.25, 0.3) is 0 Å². The number of benzene rings is 1. The van der Waals surface area contributed by atoms with Crippen LogP contribution in [0.25, 0.3) is 0 Å². The summed E-state index contributed by atoms with van der Waals surface area (Å²) in [7, 11) is 0. The van der Waals surface area contributed by atoms with Gasteiger partial charge >= 0.3 is 0 Å². The summed E-state index contributed by atoms with van der Waals surface area (Å²) in [4.78, 5) is 0. The molecular formula is C11H14FN. The van der Waals surface area contributed by atoms with Gasteiger partial charge in [0.15, 0.2) is 0 Å². The van der Waals surface area contributed by atoms with Gasteiger partial charge < -0.3 is 5.73 Å². The average Bonchev–Trinajstić information content (AvgIpc) is 2.91. The summed E-state index contributed by atoms with van der Waals surface area (Å²) in [5.41, 5.74) is 7.58. The molecule has 0 amide bonds. The Morgan fingerprint density at radius 1 is 1.46 bits per heavy atom. The molecule has 1 aliphatic carbocycles. The molecule has 1 atom stereocenters. The number of rotatable bonds is 2. The Morgan fingerprint density at radius 3 is 2.69 bits per heavy atom. The van der Waals surface area contributed by atoms with Crippen molar-refractivity contribution >= 4 is 0 Å². The minimum Gasteiger partial charge on any atom is -0.324 e. The van der Waals surface area contributed by atoms with Crippen molar-refractivity contribution in [2.45, 2.75) is 25.8 Å². The molecule has 0 spiro atoms. The van der Waals surface area contributed by atoms with Gasteiger partial charge in [-0.1, -0.05) is 12.1 Å². The van der Waals surface area contributed by atoms with Gasteiger partial charge in [0.05, 0.1) is 0 Å². The van der Waals surface area contributed by atoms with Gasteiger partial charge in [-0.15, -0.1) is 0 Å². The third-order valence-corrected chi connectivity index (χ3v) is 2.71. The topological polar surface area (TPSA) is 26.0 Å². The Bertz CT molecular complexity index is 318. The van der Waals surface area contributed by atoms with Crippen LogP contribution in [0.1, 0.15) is 30.0 Å². The maximum absolute atomic E-state index is 13.2. The second kappa shape index (κ2) is 3.11. The minimum atomic E-state index is -0.145. The maximum atomic E-state index is 13.2. The summed E-state index contributed by atoms with van der Waals surface area (Å²) in [6.45, 7) is 1.77. The zero-order valence-electron chi connectivity index (χ0n) is 7.76. The Kier molecular flexibility index (Phi) is 2.08. The summed E-state index contributed by atoms with van der Waals surface area (Å²) in [6, 6.07) is 5.34. The summed E-state index contributed by atoms with van der Waals surface area (Å²) in [5, 5.41) is 0. The van der Waals surface area contributed by atoms with E-state index in [0.717, 1.165) is 5.56 Å². The molecule has 13 heavy (non-hydrogen) atoms. The van der Waals surface area contributed by atoms with E-state index in [-0.39, 0.29) is 11.9 Å². The molecule has 1 nitrogen and oxygen atoms in total. The fourth-order valence-corrected chi connectivity index (χ4v) is 1.54. The van der Waals surface area contributed by atoms with Crippen LogP contribution in [0.15, 0.2) is 18.2 Å². The first-order valence-corrected chi connectivity index (χ1v) is 4.70. The van der Waals surface area contributed by atoms with Gasteiger partial charge in [0.2, 0.25) is 0 Å². The molecule has 0 aliphatic heterocycles. The molecule has 2 rings (SSSR count). The second-order valence-electron chi connectivity index (χ2n) is 3.87. The molecule has 1 aromatic rings. The molecule has 70 valence electrons. The monoisotopic (exact) mass is 179 g/mol. The smallest absolute Gasteiger partial charge is 0.126 e. The van der Waals surface area contributed by atoms with E-state index in [1.807, 2.05) is 6.07 Å². The molecule has 1 aromatic carbocycles. The van der Waals surface area contributed by atoms with E-state index in [2.05, 4.69) is 0 Å². The minimum absolute atomic E-state index is 0.0371. The Hall–Kier alpha value is -0.890. The molecule has 1 saturated carbocycles. The fourth-order valence-electron chi connectivity index (χ4n) is 1.54. The first-order valence-electron chi connectivity index (χ1n) is 4.70. The zero-order valence-corrected chi connectivity index (χ0v) is 7.76. The largest absolute Gasteiger partial charge is 0.324 e. The van der Waals surface area contributed by atoms with Gasteiger partial charge in [-0.2, -0.15) is 0 Å². The summed E-state index contributed by atoms with van der Waals surface area (Å²) in [6.07, 6.45) is 2.38. The third kappa shape index (κ3) is 1.73. The van der Waals surface area contributed by atoms with Crippen molar-refractivity contribution in [3.05, 3.63) is 35.1 Å². The van der Waals surface area contributed by atoms with E-state index >= 15 is 0 Å². The highest BCUT2D eigenvalue weighted by Gasteiger charge is 2.29. The van der Waals surface area contributed by atoms with Crippen LogP contribution < -0.4 is 5.73 Å².